The first-order valence-corrected chi connectivity index (χ1v) is 8.21. The third-order valence-electron chi connectivity index (χ3n) is 4.44. The highest BCUT2D eigenvalue weighted by atomic mass is 19.4. The largest absolute Gasteiger partial charge is 0.503 e. The van der Waals surface area contributed by atoms with E-state index in [1.165, 1.54) is 24.3 Å². The molecule has 0 radical (unpaired) electrons. The second-order valence-corrected chi connectivity index (χ2v) is 6.30. The molecule has 0 fully saturated rings. The van der Waals surface area contributed by atoms with Crippen LogP contribution in [0.4, 0.5) is 24.5 Å². The number of halogens is 3. The molecule has 1 aliphatic rings. The summed E-state index contributed by atoms with van der Waals surface area (Å²) < 4.78 is 39.3. The number of rotatable bonds is 4. The van der Waals surface area contributed by atoms with Gasteiger partial charge >= 0.3 is 6.18 Å². The standard InChI is InChI=1S/C19H13F3N2O5/c1-10(25)15-16(11-4-2-7-14(8-11)24(28)29)23(18(27)17(15)26)13-6-3-5-12(9-13)19(20,21)22/h2-9,16,26H,1H3. The van der Waals surface area contributed by atoms with Crippen LogP contribution in [0.3, 0.4) is 0 Å². The van der Waals surface area contributed by atoms with Crippen molar-refractivity contribution in [2.75, 3.05) is 4.90 Å². The van der Waals surface area contributed by atoms with Crippen molar-refractivity contribution in [3.05, 3.63) is 81.1 Å². The molecule has 0 saturated carbocycles. The van der Waals surface area contributed by atoms with Gasteiger partial charge in [0.2, 0.25) is 0 Å². The summed E-state index contributed by atoms with van der Waals surface area (Å²) >= 11 is 0. The van der Waals surface area contributed by atoms with Crippen molar-refractivity contribution in [3.8, 4) is 0 Å². The van der Waals surface area contributed by atoms with Gasteiger partial charge in [-0.15, -0.1) is 0 Å². The van der Waals surface area contributed by atoms with Crippen molar-refractivity contribution in [3.63, 3.8) is 0 Å². The van der Waals surface area contributed by atoms with Crippen LogP contribution in [0.5, 0.6) is 0 Å². The van der Waals surface area contributed by atoms with E-state index in [0.29, 0.717) is 6.07 Å². The number of benzene rings is 2. The van der Waals surface area contributed by atoms with Crippen LogP contribution in [-0.2, 0) is 15.8 Å². The van der Waals surface area contributed by atoms with E-state index in [2.05, 4.69) is 0 Å². The Hall–Kier alpha value is -3.69. The van der Waals surface area contributed by atoms with Crippen molar-refractivity contribution >= 4 is 23.1 Å². The van der Waals surface area contributed by atoms with Crippen LogP contribution >= 0.6 is 0 Å². The Morgan fingerprint density at radius 2 is 1.83 bits per heavy atom. The highest BCUT2D eigenvalue weighted by Gasteiger charge is 2.44. The summed E-state index contributed by atoms with van der Waals surface area (Å²) in [5.41, 5.74) is -1.85. The minimum absolute atomic E-state index is 0.0965. The van der Waals surface area contributed by atoms with E-state index in [-0.39, 0.29) is 22.5 Å². The molecule has 1 unspecified atom stereocenters. The Labute approximate surface area is 161 Å². The van der Waals surface area contributed by atoms with Gasteiger partial charge in [0, 0.05) is 17.8 Å². The van der Waals surface area contributed by atoms with E-state index in [4.69, 9.17) is 0 Å². The number of anilines is 1. The van der Waals surface area contributed by atoms with E-state index in [1.807, 2.05) is 0 Å². The van der Waals surface area contributed by atoms with Crippen molar-refractivity contribution in [2.45, 2.75) is 19.1 Å². The SMILES string of the molecule is CC(=O)C1=C(O)C(=O)N(c2cccc(C(F)(F)F)c2)C1c1cccc([N+](=O)[O-])c1. The monoisotopic (exact) mass is 406 g/mol. The van der Waals surface area contributed by atoms with Gasteiger partial charge in [0.05, 0.1) is 22.1 Å². The number of Topliss-reactive ketones (excluding diaryl/α,β-unsaturated/α-hetero) is 1. The van der Waals surface area contributed by atoms with E-state index in [9.17, 15) is 38.0 Å². The zero-order valence-corrected chi connectivity index (χ0v) is 14.8. The Kier molecular flexibility index (Phi) is 4.87. The molecule has 1 amide bonds. The molecule has 0 aromatic heterocycles. The molecule has 2 aromatic carbocycles. The minimum atomic E-state index is -4.68. The number of amides is 1. The molecule has 1 N–H and O–H groups in total. The summed E-state index contributed by atoms with van der Waals surface area (Å²) in [4.78, 5) is 36.0. The fourth-order valence-electron chi connectivity index (χ4n) is 3.19. The molecular weight excluding hydrogens is 393 g/mol. The van der Waals surface area contributed by atoms with Crippen molar-refractivity contribution < 1.29 is 32.8 Å². The van der Waals surface area contributed by atoms with Crippen LogP contribution in [0.15, 0.2) is 59.9 Å². The van der Waals surface area contributed by atoms with Gasteiger partial charge < -0.3 is 5.11 Å². The van der Waals surface area contributed by atoms with Gasteiger partial charge in [0.15, 0.2) is 11.5 Å². The maximum absolute atomic E-state index is 13.1. The molecule has 150 valence electrons. The lowest BCUT2D eigenvalue weighted by molar-refractivity contribution is -0.384. The summed E-state index contributed by atoms with van der Waals surface area (Å²) in [5.74, 6) is -2.68. The number of nitrogens with zero attached hydrogens (tertiary/aromatic N) is 2. The van der Waals surface area contributed by atoms with Gasteiger partial charge in [0.25, 0.3) is 11.6 Å². The molecule has 3 rings (SSSR count). The smallest absolute Gasteiger partial charge is 0.416 e. The average molecular weight is 406 g/mol. The Morgan fingerprint density at radius 3 is 2.41 bits per heavy atom. The second-order valence-electron chi connectivity index (χ2n) is 6.30. The summed E-state index contributed by atoms with van der Waals surface area (Å²) in [6, 6.07) is 7.48. The zero-order chi connectivity index (χ0) is 21.5. The number of non-ortho nitro benzene ring substituents is 1. The molecule has 2 aromatic rings. The second kappa shape index (κ2) is 7.04. The molecule has 1 atom stereocenters. The maximum atomic E-state index is 13.1. The lowest BCUT2D eigenvalue weighted by Crippen LogP contribution is -2.31. The highest BCUT2D eigenvalue weighted by molar-refractivity contribution is 6.16. The van der Waals surface area contributed by atoms with E-state index in [1.54, 1.807) is 0 Å². The Balaban J connectivity index is 2.21. The first kappa shape index (κ1) is 20.1. The number of ketones is 1. The number of hydrogen-bond acceptors (Lipinski definition) is 5. The molecule has 1 aliphatic heterocycles. The lowest BCUT2D eigenvalue weighted by Gasteiger charge is -2.27. The lowest BCUT2D eigenvalue weighted by atomic mass is 9.96. The number of aliphatic hydroxyl groups excluding tert-OH is 1. The van der Waals surface area contributed by atoms with E-state index in [0.717, 1.165) is 30.0 Å². The predicted molar refractivity (Wildman–Crippen MR) is 95.1 cm³/mol. The third-order valence-corrected chi connectivity index (χ3v) is 4.44. The first-order valence-electron chi connectivity index (χ1n) is 8.21. The van der Waals surface area contributed by atoms with Gasteiger partial charge in [0.1, 0.15) is 0 Å². The number of hydrogen-bond donors (Lipinski definition) is 1. The Bertz CT molecular complexity index is 1060. The zero-order valence-electron chi connectivity index (χ0n) is 14.8. The van der Waals surface area contributed by atoms with Gasteiger partial charge in [-0.1, -0.05) is 18.2 Å². The highest BCUT2D eigenvalue weighted by Crippen LogP contribution is 2.42. The van der Waals surface area contributed by atoms with Crippen molar-refractivity contribution in [1.82, 2.24) is 0 Å². The van der Waals surface area contributed by atoms with Crippen LogP contribution in [0, 0.1) is 10.1 Å². The topological polar surface area (TPSA) is 101 Å². The van der Waals surface area contributed by atoms with Crippen molar-refractivity contribution in [1.29, 1.82) is 0 Å². The molecule has 0 bridgehead atoms. The fraction of sp³-hybridized carbons (Fsp3) is 0.158. The quantitative estimate of drug-likeness (QED) is 0.609. The number of aliphatic hydroxyl groups is 1. The van der Waals surface area contributed by atoms with Crippen LogP contribution in [0.1, 0.15) is 24.1 Å². The Morgan fingerprint density at radius 1 is 1.17 bits per heavy atom. The number of alkyl halides is 3. The van der Waals surface area contributed by atoms with E-state index >= 15 is 0 Å². The van der Waals surface area contributed by atoms with Crippen LogP contribution in [0.25, 0.3) is 0 Å². The number of nitro groups is 1. The molecule has 1 heterocycles. The summed E-state index contributed by atoms with van der Waals surface area (Å²) in [5, 5.41) is 21.3. The number of nitro benzene ring substituents is 1. The molecular formula is C19H13F3N2O5. The molecule has 10 heteroatoms. The fourth-order valence-corrected chi connectivity index (χ4v) is 3.19. The number of carbonyl (C=O) groups excluding carboxylic acids is 2. The van der Waals surface area contributed by atoms with Crippen molar-refractivity contribution in [2.24, 2.45) is 0 Å². The normalized spacial score (nSPS) is 17.0. The maximum Gasteiger partial charge on any atom is 0.416 e. The first-order chi connectivity index (χ1) is 13.5. The molecule has 0 saturated heterocycles. The molecule has 0 aliphatic carbocycles. The van der Waals surface area contributed by atoms with Gasteiger partial charge in [-0.2, -0.15) is 13.2 Å². The summed E-state index contributed by atoms with van der Waals surface area (Å²) in [7, 11) is 0. The van der Waals surface area contributed by atoms with Gasteiger partial charge in [-0.05, 0) is 30.7 Å². The average Bonchev–Trinajstić information content (AvgIpc) is 2.92. The molecule has 0 spiro atoms. The molecule has 29 heavy (non-hydrogen) atoms. The van der Waals surface area contributed by atoms with Crippen LogP contribution in [0.2, 0.25) is 0 Å². The van der Waals surface area contributed by atoms with E-state index < -0.39 is 40.2 Å². The minimum Gasteiger partial charge on any atom is -0.503 e. The number of carbonyl (C=O) groups is 2. The summed E-state index contributed by atoms with van der Waals surface area (Å²) in [6.45, 7) is 1.08. The van der Waals surface area contributed by atoms with Crippen LogP contribution < -0.4 is 4.90 Å². The van der Waals surface area contributed by atoms with Gasteiger partial charge in [-0.25, -0.2) is 0 Å². The van der Waals surface area contributed by atoms with Crippen LogP contribution in [-0.4, -0.2) is 21.7 Å². The van der Waals surface area contributed by atoms with Gasteiger partial charge in [-0.3, -0.25) is 24.6 Å². The summed E-state index contributed by atoms with van der Waals surface area (Å²) in [6.07, 6.45) is -4.68. The predicted octanol–water partition coefficient (Wildman–Crippen LogP) is 4.10. The third kappa shape index (κ3) is 3.56. The molecule has 7 nitrogen and oxygen atoms in total.